The van der Waals surface area contributed by atoms with Crippen molar-refractivity contribution in [1.82, 2.24) is 0 Å². The maximum atomic E-state index is 11.4. The van der Waals surface area contributed by atoms with E-state index in [1.54, 1.807) is 0 Å². The van der Waals surface area contributed by atoms with Crippen LogP contribution < -0.4 is 18.9 Å². The Balaban J connectivity index is -0.000000241. The summed E-state index contributed by atoms with van der Waals surface area (Å²) in [5.74, 6) is -0.210. The minimum atomic E-state index is -3.89. The average Bonchev–Trinajstić information content (AvgIpc) is 2.77. The first-order valence-corrected chi connectivity index (χ1v) is 15.1. The average molecular weight is 475 g/mol. The van der Waals surface area contributed by atoms with Crippen LogP contribution in [0.2, 0.25) is 0 Å². The van der Waals surface area contributed by atoms with E-state index in [4.69, 9.17) is 0 Å². The summed E-state index contributed by atoms with van der Waals surface area (Å²) < 4.78 is 35.4. The van der Waals surface area contributed by atoms with Crippen molar-refractivity contribution in [1.29, 1.82) is 0 Å². The van der Waals surface area contributed by atoms with Crippen molar-refractivity contribution in [3.8, 4) is 0 Å². The van der Waals surface area contributed by atoms with Crippen LogP contribution in [0.15, 0.2) is 0 Å². The molecule has 3 nitrogen and oxygen atoms in total. The standard InChI is InChI=1S/C16H34.C10H21FO3S.Li.H/c1-3-5-7-9-11-13-15-16-14-12-10-8-6-4-2;1-2-3-4-5-6-7-8-9-10-15(12,13)14-11;;/h3-16H2,1-2H3;2-10H2,1H3;;/q;;+1;-1. The predicted octanol–water partition coefficient (Wildman–Crippen LogP) is 6.96. The van der Waals surface area contributed by atoms with E-state index in [1.807, 2.05) is 0 Å². The van der Waals surface area contributed by atoms with Gasteiger partial charge in [-0.25, -0.2) is 0 Å². The summed E-state index contributed by atoms with van der Waals surface area (Å²) in [7, 11) is -3.89. The molecule has 0 aromatic carbocycles. The first-order chi connectivity index (χ1) is 15.0. The zero-order valence-electron chi connectivity index (χ0n) is 23.3. The molecule has 0 amide bonds. The third kappa shape index (κ3) is 35.0. The molecule has 0 aliphatic rings. The molecular formula is C26H56FLiO3S. The largest absolute Gasteiger partial charge is 1.00 e. The summed E-state index contributed by atoms with van der Waals surface area (Å²) in [6.07, 6.45) is 28.8. The monoisotopic (exact) mass is 474 g/mol. The molecule has 0 atom stereocenters. The molecule has 0 rings (SSSR count). The van der Waals surface area contributed by atoms with E-state index in [0.717, 1.165) is 19.3 Å². The summed E-state index contributed by atoms with van der Waals surface area (Å²) >= 11 is 0. The van der Waals surface area contributed by atoms with Gasteiger partial charge in [-0.1, -0.05) is 160 Å². The summed E-state index contributed by atoms with van der Waals surface area (Å²) in [5, 5.41) is 0. The number of hydrogen-bond donors (Lipinski definition) is 0. The van der Waals surface area contributed by atoms with Crippen LogP contribution in [0.4, 0.5) is 4.53 Å². The molecule has 0 bridgehead atoms. The molecule has 0 aliphatic carbocycles. The molecule has 192 valence electrons. The first kappa shape index (κ1) is 37.0. The molecule has 0 heterocycles. The molecule has 0 fully saturated rings. The van der Waals surface area contributed by atoms with Crippen LogP contribution in [-0.2, 0) is 14.5 Å². The fourth-order valence-electron chi connectivity index (χ4n) is 3.71. The van der Waals surface area contributed by atoms with Gasteiger partial charge in [0.1, 0.15) is 0 Å². The second-order valence-corrected chi connectivity index (χ2v) is 10.7. The Kier molecular flexibility index (Phi) is 36.3. The Hall–Kier alpha value is 0.437. The number of unbranched alkanes of at least 4 members (excludes halogenated alkanes) is 20. The van der Waals surface area contributed by atoms with Crippen molar-refractivity contribution in [3.63, 3.8) is 0 Å². The molecule has 0 aromatic rings. The topological polar surface area (TPSA) is 43.4 Å². The molecule has 0 aliphatic heterocycles. The van der Waals surface area contributed by atoms with Gasteiger partial charge in [0.15, 0.2) is 0 Å². The van der Waals surface area contributed by atoms with Gasteiger partial charge in [0, 0.05) is 0 Å². The Morgan fingerprint density at radius 3 is 0.938 bits per heavy atom. The van der Waals surface area contributed by atoms with E-state index < -0.39 is 10.1 Å². The smallest absolute Gasteiger partial charge is 1.00 e. The van der Waals surface area contributed by atoms with Gasteiger partial charge >= 0.3 is 18.9 Å². The summed E-state index contributed by atoms with van der Waals surface area (Å²) in [4.78, 5) is 0. The number of halogens is 1. The summed E-state index contributed by atoms with van der Waals surface area (Å²) in [6.45, 7) is 6.75. The Bertz CT molecular complexity index is 412. The molecule has 0 radical (unpaired) electrons. The van der Waals surface area contributed by atoms with Gasteiger partial charge in [-0.05, 0) is 10.9 Å². The van der Waals surface area contributed by atoms with E-state index >= 15 is 0 Å². The van der Waals surface area contributed by atoms with E-state index in [-0.39, 0.29) is 26.0 Å². The van der Waals surface area contributed by atoms with Crippen molar-refractivity contribution in [2.75, 3.05) is 5.75 Å². The summed E-state index contributed by atoms with van der Waals surface area (Å²) in [5.41, 5.74) is 0. The fourth-order valence-corrected chi connectivity index (χ4v) is 4.33. The first-order valence-electron chi connectivity index (χ1n) is 13.6. The molecule has 6 heteroatoms. The molecule has 0 unspecified atom stereocenters. The minimum Gasteiger partial charge on any atom is -1.00 e. The third-order valence-corrected chi connectivity index (χ3v) is 6.78. The summed E-state index contributed by atoms with van der Waals surface area (Å²) in [6, 6.07) is 0. The van der Waals surface area contributed by atoms with Gasteiger partial charge in [0.25, 0.3) is 10.1 Å². The van der Waals surface area contributed by atoms with Crippen molar-refractivity contribution in [2.24, 2.45) is 0 Å². The maximum Gasteiger partial charge on any atom is 1.00 e. The van der Waals surface area contributed by atoms with Crippen LogP contribution in [0.5, 0.6) is 0 Å². The Labute approximate surface area is 215 Å². The van der Waals surface area contributed by atoms with Gasteiger partial charge in [-0.2, -0.15) is 8.42 Å². The van der Waals surface area contributed by atoms with Crippen molar-refractivity contribution < 1.29 is 37.6 Å². The fraction of sp³-hybridized carbons (Fsp3) is 1.00. The molecule has 0 saturated carbocycles. The molecular weight excluding hydrogens is 418 g/mol. The minimum absolute atomic E-state index is 0. The zero-order valence-corrected chi connectivity index (χ0v) is 23.1. The number of rotatable bonds is 23. The second-order valence-electron chi connectivity index (χ2n) is 9.04. The SMILES string of the molecule is CCCCCCCCCCCCCCCC.CCCCCCCCCCS(=O)(=O)OF.[H-].[Li+]. The molecule has 0 saturated heterocycles. The zero-order chi connectivity index (χ0) is 23.5. The van der Waals surface area contributed by atoms with Crippen LogP contribution in [0.25, 0.3) is 0 Å². The van der Waals surface area contributed by atoms with Crippen LogP contribution in [0.3, 0.4) is 0 Å². The van der Waals surface area contributed by atoms with Crippen LogP contribution in [0.1, 0.15) is 163 Å². The van der Waals surface area contributed by atoms with Gasteiger partial charge in [-0.3, -0.25) is 0 Å². The van der Waals surface area contributed by atoms with E-state index in [2.05, 4.69) is 25.2 Å². The van der Waals surface area contributed by atoms with Gasteiger partial charge in [0.2, 0.25) is 0 Å². The van der Waals surface area contributed by atoms with Crippen LogP contribution in [0, 0.1) is 0 Å². The maximum absolute atomic E-state index is 11.4. The second kappa shape index (κ2) is 31.4. The van der Waals surface area contributed by atoms with Crippen LogP contribution in [-0.4, -0.2) is 14.2 Å². The normalized spacial score (nSPS) is 11.0. The Morgan fingerprint density at radius 1 is 0.500 bits per heavy atom. The van der Waals surface area contributed by atoms with Crippen molar-refractivity contribution in [3.05, 3.63) is 0 Å². The molecule has 0 aromatic heterocycles. The third-order valence-electron chi connectivity index (χ3n) is 5.80. The van der Waals surface area contributed by atoms with E-state index in [0.29, 0.717) is 6.42 Å². The molecule has 0 spiro atoms. The number of hydrogen-bond acceptors (Lipinski definition) is 3. The van der Waals surface area contributed by atoms with Crippen molar-refractivity contribution in [2.45, 2.75) is 162 Å². The van der Waals surface area contributed by atoms with Crippen molar-refractivity contribution >= 4 is 10.1 Å². The van der Waals surface area contributed by atoms with Gasteiger partial charge in [0.05, 0.1) is 5.75 Å². The molecule has 32 heavy (non-hydrogen) atoms. The van der Waals surface area contributed by atoms with Crippen LogP contribution >= 0.6 is 0 Å². The quantitative estimate of drug-likeness (QED) is 0.119. The predicted molar refractivity (Wildman–Crippen MR) is 136 cm³/mol. The van der Waals surface area contributed by atoms with E-state index in [1.165, 1.54) is 116 Å². The van der Waals surface area contributed by atoms with Gasteiger partial charge in [-0.15, -0.1) is 0 Å². The Morgan fingerprint density at radius 2 is 0.719 bits per heavy atom. The molecule has 0 N–H and O–H groups in total. The van der Waals surface area contributed by atoms with Gasteiger partial charge < -0.3 is 1.43 Å². The van der Waals surface area contributed by atoms with E-state index in [9.17, 15) is 12.9 Å².